The van der Waals surface area contributed by atoms with Crippen LogP contribution >= 0.6 is 11.6 Å². The van der Waals surface area contributed by atoms with E-state index in [4.69, 9.17) is 16.3 Å². The molecule has 1 fully saturated rings. The summed E-state index contributed by atoms with van der Waals surface area (Å²) in [5.41, 5.74) is -0.0618. The van der Waals surface area contributed by atoms with Crippen LogP contribution in [0.5, 0.6) is 5.88 Å². The van der Waals surface area contributed by atoms with Crippen molar-refractivity contribution >= 4 is 17.5 Å². The first-order chi connectivity index (χ1) is 10.6. The molecule has 114 valence electrons. The molecule has 1 atom stereocenters. The lowest BCUT2D eigenvalue weighted by atomic mass is 10.2. The summed E-state index contributed by atoms with van der Waals surface area (Å²) in [5, 5.41) is -0.00240. The number of likely N-dealkylation sites (tertiary alicyclic amines) is 1. The number of aromatic amines is 1. The Morgan fingerprint density at radius 2 is 2.32 bits per heavy atom. The first-order valence-electron chi connectivity index (χ1n) is 6.73. The van der Waals surface area contributed by atoms with E-state index >= 15 is 0 Å². The average molecular weight is 321 g/mol. The number of amides is 1. The fourth-order valence-corrected chi connectivity index (χ4v) is 2.46. The number of carbonyl (C=O) groups excluding carboxylic acids is 1. The second kappa shape index (κ2) is 6.15. The largest absolute Gasteiger partial charge is 0.471 e. The van der Waals surface area contributed by atoms with Crippen LogP contribution in [0, 0.1) is 0 Å². The van der Waals surface area contributed by atoms with E-state index in [0.717, 1.165) is 0 Å². The normalized spacial score (nSPS) is 17.5. The second-order valence-electron chi connectivity index (χ2n) is 4.89. The quantitative estimate of drug-likeness (QED) is 0.915. The van der Waals surface area contributed by atoms with Gasteiger partial charge in [-0.2, -0.15) is 0 Å². The summed E-state index contributed by atoms with van der Waals surface area (Å²) in [5.74, 6) is 0.247. The van der Waals surface area contributed by atoms with Gasteiger partial charge in [0.2, 0.25) is 5.88 Å². The minimum atomic E-state index is -0.413. The highest BCUT2D eigenvalue weighted by molar-refractivity contribution is 6.30. The third-order valence-electron chi connectivity index (χ3n) is 3.36. The Morgan fingerprint density at radius 1 is 1.45 bits per heavy atom. The fraction of sp³-hybridized carbons (Fsp3) is 0.286. The molecule has 1 aliphatic rings. The molecule has 22 heavy (non-hydrogen) atoms. The Kier molecular flexibility index (Phi) is 4.06. The van der Waals surface area contributed by atoms with Crippen molar-refractivity contribution in [2.24, 2.45) is 0 Å². The molecule has 3 rings (SSSR count). The van der Waals surface area contributed by atoms with Crippen LogP contribution in [-0.2, 0) is 0 Å². The first-order valence-corrected chi connectivity index (χ1v) is 7.11. The van der Waals surface area contributed by atoms with Gasteiger partial charge < -0.3 is 14.6 Å². The third-order valence-corrected chi connectivity index (χ3v) is 3.64. The number of aromatic nitrogens is 3. The fourth-order valence-electron chi connectivity index (χ4n) is 2.29. The van der Waals surface area contributed by atoms with Gasteiger partial charge in [-0.3, -0.25) is 14.6 Å². The van der Waals surface area contributed by atoms with Crippen molar-refractivity contribution in [3.8, 4) is 5.88 Å². The number of hydrogen-bond donors (Lipinski definition) is 1. The van der Waals surface area contributed by atoms with E-state index < -0.39 is 5.56 Å². The number of nitrogens with zero attached hydrogens (tertiary/aromatic N) is 3. The topological polar surface area (TPSA) is 88.2 Å². The Labute approximate surface area is 130 Å². The molecule has 8 heteroatoms. The van der Waals surface area contributed by atoms with Crippen molar-refractivity contribution < 1.29 is 9.53 Å². The molecule has 2 aromatic heterocycles. The summed E-state index contributed by atoms with van der Waals surface area (Å²) in [4.78, 5) is 35.7. The number of rotatable bonds is 3. The van der Waals surface area contributed by atoms with Crippen LogP contribution in [0.4, 0.5) is 0 Å². The zero-order chi connectivity index (χ0) is 15.5. The maximum absolute atomic E-state index is 12.4. The zero-order valence-corrected chi connectivity index (χ0v) is 12.3. The van der Waals surface area contributed by atoms with Gasteiger partial charge in [0, 0.05) is 31.6 Å². The highest BCUT2D eigenvalue weighted by Crippen LogP contribution is 2.18. The van der Waals surface area contributed by atoms with Crippen LogP contribution in [0.15, 0.2) is 35.6 Å². The number of halogens is 1. The van der Waals surface area contributed by atoms with Gasteiger partial charge in [-0.1, -0.05) is 11.6 Å². The van der Waals surface area contributed by atoms with Crippen LogP contribution in [-0.4, -0.2) is 45.0 Å². The van der Waals surface area contributed by atoms with E-state index in [0.29, 0.717) is 31.0 Å². The Balaban J connectivity index is 1.65. The van der Waals surface area contributed by atoms with Gasteiger partial charge in [0.15, 0.2) is 0 Å². The third kappa shape index (κ3) is 3.09. The molecule has 0 bridgehead atoms. The van der Waals surface area contributed by atoms with Gasteiger partial charge in [0.1, 0.15) is 11.1 Å². The van der Waals surface area contributed by atoms with E-state index in [1.54, 1.807) is 17.3 Å². The maximum Gasteiger partial charge on any atom is 0.266 e. The Morgan fingerprint density at radius 3 is 3.05 bits per heavy atom. The summed E-state index contributed by atoms with van der Waals surface area (Å²) in [7, 11) is 0. The minimum absolute atomic E-state index is 0.00240. The number of ether oxygens (including phenoxy) is 1. The second-order valence-corrected chi connectivity index (χ2v) is 5.30. The van der Waals surface area contributed by atoms with Crippen molar-refractivity contribution in [3.05, 3.63) is 51.8 Å². The van der Waals surface area contributed by atoms with Crippen LogP contribution in [0.3, 0.4) is 0 Å². The van der Waals surface area contributed by atoms with Gasteiger partial charge in [0.05, 0.1) is 18.3 Å². The average Bonchev–Trinajstić information content (AvgIpc) is 2.99. The number of nitrogens with one attached hydrogen (secondary N) is 1. The van der Waals surface area contributed by atoms with Gasteiger partial charge >= 0.3 is 0 Å². The molecule has 1 N–H and O–H groups in total. The molecule has 0 spiro atoms. The maximum atomic E-state index is 12.4. The lowest BCUT2D eigenvalue weighted by molar-refractivity contribution is 0.0770. The molecule has 0 aliphatic carbocycles. The van der Waals surface area contributed by atoms with Crippen molar-refractivity contribution in [1.29, 1.82) is 0 Å². The smallest absolute Gasteiger partial charge is 0.266 e. The number of pyridine rings is 1. The standard InChI is InChI=1S/C14H13ClN4O3/c15-11-5-9(6-18-13(11)20)14(21)19-4-1-10(8-19)22-12-7-16-2-3-17-12/h2-3,5-7,10H,1,4,8H2,(H,18,20)/t10-/m0/s1. The first kappa shape index (κ1) is 14.5. The van der Waals surface area contributed by atoms with Crippen molar-refractivity contribution in [3.63, 3.8) is 0 Å². The van der Waals surface area contributed by atoms with E-state index in [-0.39, 0.29) is 17.0 Å². The number of hydrogen-bond acceptors (Lipinski definition) is 5. The Bertz CT molecular complexity index is 734. The lowest BCUT2D eigenvalue weighted by Crippen LogP contribution is -2.31. The zero-order valence-electron chi connectivity index (χ0n) is 11.5. The summed E-state index contributed by atoms with van der Waals surface area (Å²) >= 11 is 5.75. The highest BCUT2D eigenvalue weighted by atomic mass is 35.5. The number of H-pyrrole nitrogens is 1. The molecule has 1 saturated heterocycles. The minimum Gasteiger partial charge on any atom is -0.471 e. The molecular formula is C14H13ClN4O3. The predicted octanol–water partition coefficient (Wildman–Crippen LogP) is 1.11. The molecule has 1 amide bonds. The van der Waals surface area contributed by atoms with E-state index in [1.807, 2.05) is 0 Å². The molecule has 1 aliphatic heterocycles. The summed E-state index contributed by atoms with van der Waals surface area (Å²) in [6, 6.07) is 1.37. The summed E-state index contributed by atoms with van der Waals surface area (Å²) in [6.45, 7) is 1.02. The molecule has 0 saturated carbocycles. The SMILES string of the molecule is O=C(c1c[nH]c(=O)c(Cl)c1)N1CC[C@H](Oc2cnccn2)C1. The van der Waals surface area contributed by atoms with Crippen LogP contribution in [0.25, 0.3) is 0 Å². The van der Waals surface area contributed by atoms with E-state index in [2.05, 4.69) is 15.0 Å². The molecule has 0 aromatic carbocycles. The van der Waals surface area contributed by atoms with E-state index in [1.165, 1.54) is 18.5 Å². The van der Waals surface area contributed by atoms with Crippen molar-refractivity contribution in [1.82, 2.24) is 19.9 Å². The summed E-state index contributed by atoms with van der Waals surface area (Å²) in [6.07, 6.45) is 6.60. The lowest BCUT2D eigenvalue weighted by Gasteiger charge is -2.16. The molecule has 7 nitrogen and oxygen atoms in total. The van der Waals surface area contributed by atoms with Crippen molar-refractivity contribution in [2.75, 3.05) is 13.1 Å². The molecule has 2 aromatic rings. The number of carbonyl (C=O) groups is 1. The highest BCUT2D eigenvalue weighted by Gasteiger charge is 2.28. The Hall–Kier alpha value is -2.41. The molecule has 0 radical (unpaired) electrons. The van der Waals surface area contributed by atoms with Crippen LogP contribution in [0.1, 0.15) is 16.8 Å². The van der Waals surface area contributed by atoms with Crippen LogP contribution in [0.2, 0.25) is 5.02 Å². The van der Waals surface area contributed by atoms with Gasteiger partial charge in [-0.05, 0) is 6.07 Å². The molecular weight excluding hydrogens is 308 g/mol. The van der Waals surface area contributed by atoms with Crippen LogP contribution < -0.4 is 10.3 Å². The van der Waals surface area contributed by atoms with Gasteiger partial charge in [-0.25, -0.2) is 4.98 Å². The predicted molar refractivity (Wildman–Crippen MR) is 79.0 cm³/mol. The monoisotopic (exact) mass is 320 g/mol. The van der Waals surface area contributed by atoms with Crippen molar-refractivity contribution in [2.45, 2.75) is 12.5 Å². The van der Waals surface area contributed by atoms with Gasteiger partial charge in [-0.15, -0.1) is 0 Å². The summed E-state index contributed by atoms with van der Waals surface area (Å²) < 4.78 is 5.68. The van der Waals surface area contributed by atoms with E-state index in [9.17, 15) is 9.59 Å². The molecule has 0 unspecified atom stereocenters. The van der Waals surface area contributed by atoms with Gasteiger partial charge in [0.25, 0.3) is 11.5 Å². The molecule has 3 heterocycles.